The molecule has 160 valence electrons. The maximum absolute atomic E-state index is 12.8. The van der Waals surface area contributed by atoms with Crippen LogP contribution in [0.3, 0.4) is 0 Å². The first-order chi connectivity index (χ1) is 14.0. The first-order valence-electron chi connectivity index (χ1n) is 11.0. The van der Waals surface area contributed by atoms with Crippen LogP contribution >= 0.6 is 0 Å². The van der Waals surface area contributed by atoms with E-state index in [4.69, 9.17) is 0 Å². The molecule has 0 spiro atoms. The molecule has 3 rings (SSSR count). The minimum atomic E-state index is 0.259. The predicted molar refractivity (Wildman–Crippen MR) is 119 cm³/mol. The molecule has 2 aliphatic rings. The van der Waals surface area contributed by atoms with E-state index in [1.807, 2.05) is 0 Å². The summed E-state index contributed by atoms with van der Waals surface area (Å²) >= 11 is 0. The fourth-order valence-corrected chi connectivity index (χ4v) is 4.46. The van der Waals surface area contributed by atoms with E-state index in [0.717, 1.165) is 51.4 Å². The van der Waals surface area contributed by atoms with E-state index < -0.39 is 0 Å². The summed E-state index contributed by atoms with van der Waals surface area (Å²) in [6.45, 7) is 3.32. The Labute approximate surface area is 175 Å². The molecule has 6 nitrogen and oxygen atoms in total. The number of carbonyl (C=O) groups is 1. The normalized spacial score (nSPS) is 20.9. The van der Waals surface area contributed by atoms with Crippen LogP contribution in [0.1, 0.15) is 49.7 Å². The van der Waals surface area contributed by atoms with E-state index in [1.165, 1.54) is 30.4 Å². The molecule has 2 fully saturated rings. The number of rotatable bonds is 6. The Hall–Kier alpha value is -2.08. The molecular formula is C23H37N5O. The molecule has 6 heteroatoms. The van der Waals surface area contributed by atoms with Gasteiger partial charge in [0.15, 0.2) is 5.96 Å². The number of guanidine groups is 1. The number of likely N-dealkylation sites (tertiary alicyclic amines) is 1. The van der Waals surface area contributed by atoms with Gasteiger partial charge in [-0.15, -0.1) is 0 Å². The third-order valence-corrected chi connectivity index (χ3v) is 5.97. The molecule has 29 heavy (non-hydrogen) atoms. The third kappa shape index (κ3) is 6.46. The Balaban J connectivity index is 1.46. The Kier molecular flexibility index (Phi) is 7.92. The zero-order valence-electron chi connectivity index (χ0n) is 18.3. The fourth-order valence-electron chi connectivity index (χ4n) is 4.46. The highest BCUT2D eigenvalue weighted by Gasteiger charge is 2.31. The standard InChI is InChI=1S/C23H37N5O/c1-24-23(25-15-18-8-7-9-19(14-18)16-27(2)3)26-21-12-13-28(17-21)22(29)20-10-5-4-6-11-20/h7-9,14,20-21H,4-6,10-13,15-17H2,1-3H3,(H2,24,25,26). The molecule has 1 unspecified atom stereocenters. The molecule has 1 amide bonds. The van der Waals surface area contributed by atoms with Crippen LogP contribution in [0.25, 0.3) is 0 Å². The second-order valence-corrected chi connectivity index (χ2v) is 8.73. The van der Waals surface area contributed by atoms with Crippen LogP contribution in [0.2, 0.25) is 0 Å². The van der Waals surface area contributed by atoms with E-state index in [0.29, 0.717) is 5.91 Å². The molecule has 0 radical (unpaired) electrons. The minimum absolute atomic E-state index is 0.259. The molecule has 1 aromatic carbocycles. The lowest BCUT2D eigenvalue weighted by molar-refractivity contribution is -0.135. The molecule has 2 N–H and O–H groups in total. The summed E-state index contributed by atoms with van der Waals surface area (Å²) < 4.78 is 0. The largest absolute Gasteiger partial charge is 0.352 e. The maximum atomic E-state index is 12.8. The summed E-state index contributed by atoms with van der Waals surface area (Å²) in [4.78, 5) is 21.4. The smallest absolute Gasteiger partial charge is 0.225 e. The van der Waals surface area contributed by atoms with Crippen molar-refractivity contribution in [2.24, 2.45) is 10.9 Å². The number of amides is 1. The molecule has 0 bridgehead atoms. The first kappa shape index (κ1) is 21.6. The van der Waals surface area contributed by atoms with Gasteiger partial charge in [0.05, 0.1) is 0 Å². The molecule has 1 aliphatic carbocycles. The van der Waals surface area contributed by atoms with Crippen LogP contribution in [0.15, 0.2) is 29.3 Å². The quantitative estimate of drug-likeness (QED) is 0.570. The highest BCUT2D eigenvalue weighted by atomic mass is 16.2. The van der Waals surface area contributed by atoms with Gasteiger partial charge >= 0.3 is 0 Å². The number of carbonyl (C=O) groups excluding carboxylic acids is 1. The van der Waals surface area contributed by atoms with Gasteiger partial charge in [0.1, 0.15) is 0 Å². The molecule has 1 saturated carbocycles. The number of nitrogens with one attached hydrogen (secondary N) is 2. The maximum Gasteiger partial charge on any atom is 0.225 e. The highest BCUT2D eigenvalue weighted by molar-refractivity contribution is 5.81. The van der Waals surface area contributed by atoms with Gasteiger partial charge in [-0.1, -0.05) is 43.5 Å². The monoisotopic (exact) mass is 399 g/mol. The highest BCUT2D eigenvalue weighted by Crippen LogP contribution is 2.26. The van der Waals surface area contributed by atoms with Crippen molar-refractivity contribution in [3.8, 4) is 0 Å². The number of nitrogens with zero attached hydrogens (tertiary/aromatic N) is 3. The van der Waals surface area contributed by atoms with Crippen LogP contribution in [-0.4, -0.2) is 61.9 Å². The van der Waals surface area contributed by atoms with Gasteiger partial charge in [0, 0.05) is 45.2 Å². The van der Waals surface area contributed by atoms with Crippen molar-refractivity contribution >= 4 is 11.9 Å². The zero-order valence-corrected chi connectivity index (χ0v) is 18.3. The van der Waals surface area contributed by atoms with E-state index in [-0.39, 0.29) is 12.0 Å². The lowest BCUT2D eigenvalue weighted by Crippen LogP contribution is -2.45. The van der Waals surface area contributed by atoms with Crippen molar-refractivity contribution < 1.29 is 4.79 Å². The minimum Gasteiger partial charge on any atom is -0.352 e. The molecule has 1 atom stereocenters. The van der Waals surface area contributed by atoms with E-state index >= 15 is 0 Å². The molecule has 0 aromatic heterocycles. The molecule has 1 aliphatic heterocycles. The first-order valence-corrected chi connectivity index (χ1v) is 11.0. The summed E-state index contributed by atoms with van der Waals surface area (Å²) in [5.74, 6) is 1.43. The van der Waals surface area contributed by atoms with Crippen molar-refractivity contribution in [2.45, 2.75) is 57.7 Å². The van der Waals surface area contributed by atoms with Crippen LogP contribution in [0.4, 0.5) is 0 Å². The summed E-state index contributed by atoms with van der Waals surface area (Å²) in [6, 6.07) is 8.92. The van der Waals surface area contributed by atoms with Crippen LogP contribution < -0.4 is 10.6 Å². The summed E-state index contributed by atoms with van der Waals surface area (Å²) in [7, 11) is 5.97. The lowest BCUT2D eigenvalue weighted by Gasteiger charge is -2.26. The predicted octanol–water partition coefficient (Wildman–Crippen LogP) is 2.59. The van der Waals surface area contributed by atoms with Crippen molar-refractivity contribution in [3.63, 3.8) is 0 Å². The van der Waals surface area contributed by atoms with Crippen LogP contribution in [-0.2, 0) is 17.9 Å². The van der Waals surface area contributed by atoms with Crippen molar-refractivity contribution in [2.75, 3.05) is 34.2 Å². The Bertz CT molecular complexity index is 696. The Morgan fingerprint density at radius 3 is 2.66 bits per heavy atom. The lowest BCUT2D eigenvalue weighted by atomic mass is 9.88. The molecule has 1 heterocycles. The van der Waals surface area contributed by atoms with Crippen molar-refractivity contribution in [1.82, 2.24) is 20.4 Å². The van der Waals surface area contributed by atoms with Gasteiger partial charge in [0.2, 0.25) is 5.91 Å². The Morgan fingerprint density at radius 1 is 1.17 bits per heavy atom. The Morgan fingerprint density at radius 2 is 1.93 bits per heavy atom. The van der Waals surface area contributed by atoms with E-state index in [2.05, 4.69) is 63.8 Å². The van der Waals surface area contributed by atoms with Gasteiger partial charge in [-0.25, -0.2) is 0 Å². The van der Waals surface area contributed by atoms with E-state index in [1.54, 1.807) is 7.05 Å². The summed E-state index contributed by atoms with van der Waals surface area (Å²) in [5, 5.41) is 6.93. The zero-order chi connectivity index (χ0) is 20.6. The SMILES string of the molecule is CN=C(NCc1cccc(CN(C)C)c1)NC1CCN(C(=O)C2CCCCC2)C1. The molecular weight excluding hydrogens is 362 g/mol. The third-order valence-electron chi connectivity index (χ3n) is 5.97. The second-order valence-electron chi connectivity index (χ2n) is 8.73. The average Bonchev–Trinajstić information content (AvgIpc) is 3.19. The van der Waals surface area contributed by atoms with Crippen LogP contribution in [0.5, 0.6) is 0 Å². The van der Waals surface area contributed by atoms with Crippen LogP contribution in [0, 0.1) is 5.92 Å². The van der Waals surface area contributed by atoms with Gasteiger partial charge in [-0.2, -0.15) is 0 Å². The number of hydrogen-bond donors (Lipinski definition) is 2. The summed E-state index contributed by atoms with van der Waals surface area (Å²) in [6.07, 6.45) is 6.83. The van der Waals surface area contributed by atoms with Gasteiger partial charge < -0.3 is 20.4 Å². The second kappa shape index (κ2) is 10.6. The van der Waals surface area contributed by atoms with Gasteiger partial charge in [-0.05, 0) is 44.5 Å². The van der Waals surface area contributed by atoms with Gasteiger partial charge in [-0.3, -0.25) is 9.79 Å². The molecule has 1 aromatic rings. The number of aliphatic imine (C=N–C) groups is 1. The van der Waals surface area contributed by atoms with E-state index in [9.17, 15) is 4.79 Å². The number of benzene rings is 1. The topological polar surface area (TPSA) is 60.0 Å². The fraction of sp³-hybridized carbons (Fsp3) is 0.652. The van der Waals surface area contributed by atoms with Gasteiger partial charge in [0.25, 0.3) is 0 Å². The molecule has 1 saturated heterocycles. The van der Waals surface area contributed by atoms with Crippen molar-refractivity contribution in [1.29, 1.82) is 0 Å². The summed E-state index contributed by atoms with van der Waals surface area (Å²) in [5.41, 5.74) is 2.55. The average molecular weight is 400 g/mol. The van der Waals surface area contributed by atoms with Crippen molar-refractivity contribution in [3.05, 3.63) is 35.4 Å². The number of hydrogen-bond acceptors (Lipinski definition) is 3.